The van der Waals surface area contributed by atoms with Crippen molar-refractivity contribution in [3.05, 3.63) is 0 Å². The fourth-order valence-electron chi connectivity index (χ4n) is 1.96. The first kappa shape index (κ1) is 18.3. The molecule has 1 saturated heterocycles. The Balaban J connectivity index is 2.01. The first-order valence-electron chi connectivity index (χ1n) is 7.44. The molecule has 7 heteroatoms. The van der Waals surface area contributed by atoms with Crippen LogP contribution in [0.4, 0.5) is 0 Å². The van der Waals surface area contributed by atoms with Gasteiger partial charge in [0, 0.05) is 26.2 Å². The van der Waals surface area contributed by atoms with E-state index in [1.807, 2.05) is 6.92 Å². The van der Waals surface area contributed by atoms with Crippen molar-refractivity contribution in [1.82, 2.24) is 10.2 Å². The Labute approximate surface area is 130 Å². The summed E-state index contributed by atoms with van der Waals surface area (Å²) in [7, 11) is 0. The number of carbonyl (C=O) groups excluding carboxylic acids is 2. The van der Waals surface area contributed by atoms with Crippen molar-refractivity contribution in [3.8, 4) is 0 Å². The summed E-state index contributed by atoms with van der Waals surface area (Å²) in [5.41, 5.74) is 0. The van der Waals surface area contributed by atoms with Gasteiger partial charge in [0.2, 0.25) is 11.8 Å². The highest BCUT2D eigenvalue weighted by atomic mass is 32.2. The second kappa shape index (κ2) is 10.9. The molecule has 0 aromatic carbocycles. The lowest BCUT2D eigenvalue weighted by Crippen LogP contribution is -2.41. The quantitative estimate of drug-likeness (QED) is 0.590. The van der Waals surface area contributed by atoms with Crippen molar-refractivity contribution < 1.29 is 19.4 Å². The summed E-state index contributed by atoms with van der Waals surface area (Å²) in [5, 5.41) is 11.7. The minimum Gasteiger partial charge on any atom is -0.396 e. The number of nitrogens with zero attached hydrogens (tertiary/aromatic N) is 1. The van der Waals surface area contributed by atoms with Crippen LogP contribution in [0.25, 0.3) is 0 Å². The molecule has 1 rings (SSSR count). The van der Waals surface area contributed by atoms with Gasteiger partial charge in [0.25, 0.3) is 0 Å². The fraction of sp³-hybridized carbons (Fsp3) is 0.857. The van der Waals surface area contributed by atoms with Gasteiger partial charge in [-0.25, -0.2) is 0 Å². The maximum absolute atomic E-state index is 11.8. The van der Waals surface area contributed by atoms with Gasteiger partial charge in [0.15, 0.2) is 0 Å². The van der Waals surface area contributed by atoms with Gasteiger partial charge < -0.3 is 20.1 Å². The molecule has 1 atom stereocenters. The molecule has 6 nitrogen and oxygen atoms in total. The van der Waals surface area contributed by atoms with Crippen molar-refractivity contribution in [2.45, 2.75) is 19.8 Å². The monoisotopic (exact) mass is 318 g/mol. The molecule has 0 saturated carbocycles. The molecule has 0 radical (unpaired) electrons. The number of nitrogens with one attached hydrogen (secondary N) is 1. The molecule has 0 aromatic heterocycles. The molecular weight excluding hydrogens is 292 g/mol. The smallest absolute Gasteiger partial charge is 0.232 e. The second-order valence-corrected chi connectivity index (χ2v) is 6.25. The van der Waals surface area contributed by atoms with E-state index in [2.05, 4.69) is 5.32 Å². The number of aliphatic hydroxyl groups excluding tert-OH is 1. The number of hydrogen-bond donors (Lipinski definition) is 2. The van der Waals surface area contributed by atoms with E-state index in [1.54, 1.807) is 4.90 Å². The first-order valence-corrected chi connectivity index (χ1v) is 8.59. The van der Waals surface area contributed by atoms with E-state index in [-0.39, 0.29) is 24.3 Å². The number of thioether (sulfide) groups is 1. The molecule has 1 aliphatic rings. The van der Waals surface area contributed by atoms with Crippen LogP contribution < -0.4 is 5.32 Å². The van der Waals surface area contributed by atoms with Crippen LogP contribution in [0.3, 0.4) is 0 Å². The van der Waals surface area contributed by atoms with Gasteiger partial charge in [0.1, 0.15) is 0 Å². The minimum absolute atomic E-state index is 0.0357. The van der Waals surface area contributed by atoms with Gasteiger partial charge >= 0.3 is 0 Å². The van der Waals surface area contributed by atoms with Gasteiger partial charge in [-0.2, -0.15) is 0 Å². The lowest BCUT2D eigenvalue weighted by molar-refractivity contribution is -0.132. The molecule has 0 aromatic rings. The molecule has 1 heterocycles. The molecule has 2 amide bonds. The summed E-state index contributed by atoms with van der Waals surface area (Å²) in [6.45, 7) is 5.29. The van der Waals surface area contributed by atoms with Crippen LogP contribution in [-0.2, 0) is 14.3 Å². The minimum atomic E-state index is -0.0357. The van der Waals surface area contributed by atoms with Gasteiger partial charge in [-0.1, -0.05) is 6.92 Å². The van der Waals surface area contributed by atoms with Crippen LogP contribution in [0.15, 0.2) is 0 Å². The standard InChI is InChI=1S/C14H26N2O4S/c1-12(9-17)3-2-4-15-13(18)10-21-11-14(19)16-5-7-20-8-6-16/h12,17H,2-11H2,1H3,(H,15,18). The average Bonchev–Trinajstić information content (AvgIpc) is 2.52. The highest BCUT2D eigenvalue weighted by Crippen LogP contribution is 2.05. The third-order valence-corrected chi connectivity index (χ3v) is 4.25. The summed E-state index contributed by atoms with van der Waals surface area (Å²) in [6, 6.07) is 0. The lowest BCUT2D eigenvalue weighted by atomic mass is 10.1. The van der Waals surface area contributed by atoms with Crippen LogP contribution in [0, 0.1) is 5.92 Å². The van der Waals surface area contributed by atoms with Gasteiger partial charge in [-0.15, -0.1) is 11.8 Å². The van der Waals surface area contributed by atoms with Crippen LogP contribution in [0.5, 0.6) is 0 Å². The molecule has 2 N–H and O–H groups in total. The highest BCUT2D eigenvalue weighted by Gasteiger charge is 2.16. The van der Waals surface area contributed by atoms with Crippen molar-refractivity contribution in [3.63, 3.8) is 0 Å². The molecule has 1 fully saturated rings. The topological polar surface area (TPSA) is 78.9 Å². The summed E-state index contributed by atoms with van der Waals surface area (Å²) in [6.07, 6.45) is 1.77. The molecule has 1 aliphatic heterocycles. The zero-order chi connectivity index (χ0) is 15.5. The third kappa shape index (κ3) is 8.28. The van der Waals surface area contributed by atoms with Gasteiger partial charge in [-0.05, 0) is 18.8 Å². The van der Waals surface area contributed by atoms with Crippen molar-refractivity contribution >= 4 is 23.6 Å². The van der Waals surface area contributed by atoms with E-state index < -0.39 is 0 Å². The summed E-state index contributed by atoms with van der Waals surface area (Å²) in [4.78, 5) is 25.2. The largest absolute Gasteiger partial charge is 0.396 e. The Morgan fingerprint density at radius 3 is 2.71 bits per heavy atom. The highest BCUT2D eigenvalue weighted by molar-refractivity contribution is 8.00. The predicted molar refractivity (Wildman–Crippen MR) is 83.2 cm³/mol. The lowest BCUT2D eigenvalue weighted by Gasteiger charge is -2.26. The maximum atomic E-state index is 11.8. The van der Waals surface area contributed by atoms with Crippen molar-refractivity contribution in [2.75, 3.05) is 51.0 Å². The maximum Gasteiger partial charge on any atom is 0.232 e. The van der Waals surface area contributed by atoms with Crippen LogP contribution in [0.1, 0.15) is 19.8 Å². The summed E-state index contributed by atoms with van der Waals surface area (Å²) < 4.78 is 5.19. The molecule has 1 unspecified atom stereocenters. The van der Waals surface area contributed by atoms with Gasteiger partial charge in [-0.3, -0.25) is 9.59 Å². The van der Waals surface area contributed by atoms with Gasteiger partial charge in [0.05, 0.1) is 24.7 Å². The third-order valence-electron chi connectivity index (χ3n) is 3.33. The van der Waals surface area contributed by atoms with E-state index in [4.69, 9.17) is 9.84 Å². The Morgan fingerprint density at radius 2 is 2.05 bits per heavy atom. The van der Waals surface area contributed by atoms with E-state index in [0.717, 1.165) is 12.8 Å². The molecule has 0 aliphatic carbocycles. The van der Waals surface area contributed by atoms with E-state index >= 15 is 0 Å². The zero-order valence-electron chi connectivity index (χ0n) is 12.7. The van der Waals surface area contributed by atoms with E-state index in [0.29, 0.717) is 44.4 Å². The number of hydrogen-bond acceptors (Lipinski definition) is 5. The molecule has 0 spiro atoms. The average molecular weight is 318 g/mol. The summed E-state index contributed by atoms with van der Waals surface area (Å²) >= 11 is 1.35. The zero-order valence-corrected chi connectivity index (χ0v) is 13.5. The predicted octanol–water partition coefficient (Wildman–Crippen LogP) is 0.103. The van der Waals surface area contributed by atoms with Crippen molar-refractivity contribution in [2.24, 2.45) is 5.92 Å². The summed E-state index contributed by atoms with van der Waals surface area (Å²) in [5.74, 6) is 0.974. The SMILES string of the molecule is CC(CO)CCCNC(=O)CSCC(=O)N1CCOCC1. The number of amides is 2. The fourth-order valence-corrected chi connectivity index (χ4v) is 2.70. The Kier molecular flexibility index (Phi) is 9.45. The normalized spacial score (nSPS) is 16.6. The number of rotatable bonds is 9. The molecule has 21 heavy (non-hydrogen) atoms. The molecule has 0 bridgehead atoms. The number of morpholine rings is 1. The Bertz CT molecular complexity index is 322. The number of carbonyl (C=O) groups is 2. The number of ether oxygens (including phenoxy) is 1. The van der Waals surface area contributed by atoms with Crippen molar-refractivity contribution in [1.29, 1.82) is 0 Å². The van der Waals surface area contributed by atoms with Crippen LogP contribution in [0.2, 0.25) is 0 Å². The molecular formula is C14H26N2O4S. The molecule has 122 valence electrons. The Morgan fingerprint density at radius 1 is 1.33 bits per heavy atom. The van der Waals surface area contributed by atoms with E-state index in [1.165, 1.54) is 11.8 Å². The van der Waals surface area contributed by atoms with Crippen LogP contribution >= 0.6 is 11.8 Å². The second-order valence-electron chi connectivity index (χ2n) is 5.27. The van der Waals surface area contributed by atoms with E-state index in [9.17, 15) is 9.59 Å². The first-order chi connectivity index (χ1) is 10.1. The van der Waals surface area contributed by atoms with Crippen LogP contribution in [-0.4, -0.2) is 72.8 Å². The number of aliphatic hydroxyl groups is 1. The Hall–Kier alpha value is -0.790.